The summed E-state index contributed by atoms with van der Waals surface area (Å²) in [4.78, 5) is 6.28. The highest BCUT2D eigenvalue weighted by molar-refractivity contribution is 7.71. The number of nitrogens with zero attached hydrogens (tertiary/aromatic N) is 2. The summed E-state index contributed by atoms with van der Waals surface area (Å²) >= 11 is 5.08. The molecule has 0 saturated heterocycles. The van der Waals surface area contributed by atoms with Crippen LogP contribution in [0.1, 0.15) is 18.3 Å². The Morgan fingerprint density at radius 1 is 1.39 bits per heavy atom. The van der Waals surface area contributed by atoms with Gasteiger partial charge in [-0.05, 0) is 30.8 Å². The van der Waals surface area contributed by atoms with Crippen molar-refractivity contribution in [2.45, 2.75) is 19.5 Å². The highest BCUT2D eigenvalue weighted by atomic mass is 32.1. The van der Waals surface area contributed by atoms with E-state index in [1.165, 1.54) is 12.3 Å². The number of aryl methyl sites for hydroxylation is 1. The lowest BCUT2D eigenvalue weighted by Gasteiger charge is -2.09. The van der Waals surface area contributed by atoms with E-state index in [4.69, 9.17) is 12.2 Å². The van der Waals surface area contributed by atoms with Gasteiger partial charge in [-0.15, -0.1) is 0 Å². The summed E-state index contributed by atoms with van der Waals surface area (Å²) in [5.41, 5.74) is 0.499. The van der Waals surface area contributed by atoms with Crippen molar-refractivity contribution in [2.24, 2.45) is 0 Å². The molecule has 0 bridgehead atoms. The van der Waals surface area contributed by atoms with E-state index in [0.29, 0.717) is 16.9 Å². The SMILES string of the molecule is CCc1c[nH]c(=S)n1-c1ccc(C(F)(F)F)nc1. The van der Waals surface area contributed by atoms with E-state index in [9.17, 15) is 13.2 Å². The normalized spacial score (nSPS) is 11.8. The van der Waals surface area contributed by atoms with Crippen LogP contribution < -0.4 is 0 Å². The quantitative estimate of drug-likeness (QED) is 0.849. The first-order valence-electron chi connectivity index (χ1n) is 5.26. The first-order valence-corrected chi connectivity index (χ1v) is 5.67. The molecule has 18 heavy (non-hydrogen) atoms. The lowest BCUT2D eigenvalue weighted by Crippen LogP contribution is -2.08. The molecule has 0 amide bonds. The van der Waals surface area contributed by atoms with E-state index in [1.54, 1.807) is 10.8 Å². The Morgan fingerprint density at radius 3 is 2.61 bits per heavy atom. The van der Waals surface area contributed by atoms with Gasteiger partial charge in [-0.1, -0.05) is 6.92 Å². The number of hydrogen-bond acceptors (Lipinski definition) is 2. The molecule has 0 aliphatic rings. The molecule has 0 saturated carbocycles. The molecule has 96 valence electrons. The van der Waals surface area contributed by atoms with Gasteiger partial charge in [-0.3, -0.25) is 4.57 Å². The minimum Gasteiger partial charge on any atom is -0.337 e. The predicted molar refractivity (Wildman–Crippen MR) is 63.1 cm³/mol. The fourth-order valence-corrected chi connectivity index (χ4v) is 1.92. The zero-order valence-corrected chi connectivity index (χ0v) is 10.3. The summed E-state index contributed by atoms with van der Waals surface area (Å²) in [7, 11) is 0. The highest BCUT2D eigenvalue weighted by Gasteiger charge is 2.32. The lowest BCUT2D eigenvalue weighted by atomic mass is 10.3. The molecule has 2 heterocycles. The Kier molecular flexibility index (Phi) is 3.25. The number of imidazole rings is 1. The zero-order valence-electron chi connectivity index (χ0n) is 9.45. The van der Waals surface area contributed by atoms with Gasteiger partial charge in [0.15, 0.2) is 4.77 Å². The number of pyridine rings is 1. The summed E-state index contributed by atoms with van der Waals surface area (Å²) in [5, 5.41) is 0. The molecule has 0 unspecified atom stereocenters. The maximum absolute atomic E-state index is 12.4. The first-order chi connectivity index (χ1) is 8.43. The molecule has 2 aromatic heterocycles. The topological polar surface area (TPSA) is 33.6 Å². The Labute approximate surface area is 106 Å². The highest BCUT2D eigenvalue weighted by Crippen LogP contribution is 2.27. The van der Waals surface area contributed by atoms with Crippen LogP contribution in [0, 0.1) is 4.77 Å². The van der Waals surface area contributed by atoms with Crippen LogP contribution in [0.5, 0.6) is 0 Å². The second-order valence-electron chi connectivity index (χ2n) is 3.67. The third-order valence-electron chi connectivity index (χ3n) is 2.51. The second-order valence-corrected chi connectivity index (χ2v) is 4.06. The van der Waals surface area contributed by atoms with E-state index in [0.717, 1.165) is 11.8 Å². The van der Waals surface area contributed by atoms with Crippen LogP contribution in [0.3, 0.4) is 0 Å². The molecule has 0 aromatic carbocycles. The Hall–Kier alpha value is -1.63. The molecule has 0 atom stereocenters. The fourth-order valence-electron chi connectivity index (χ4n) is 1.63. The molecular formula is C11H10F3N3S. The van der Waals surface area contributed by atoms with Gasteiger partial charge in [-0.25, -0.2) is 4.98 Å². The standard InChI is InChI=1S/C11H10F3N3S/c1-2-7-5-16-10(18)17(7)8-3-4-9(15-6-8)11(12,13)14/h3-6H,2H2,1H3,(H,16,18). The maximum Gasteiger partial charge on any atom is 0.433 e. The van der Waals surface area contributed by atoms with Crippen molar-refractivity contribution in [3.05, 3.63) is 40.7 Å². The summed E-state index contributed by atoms with van der Waals surface area (Å²) < 4.78 is 39.3. The van der Waals surface area contributed by atoms with Crippen molar-refractivity contribution in [1.82, 2.24) is 14.5 Å². The van der Waals surface area contributed by atoms with E-state index >= 15 is 0 Å². The average molecular weight is 273 g/mol. The number of alkyl halides is 3. The molecule has 0 radical (unpaired) electrons. The van der Waals surface area contributed by atoms with Gasteiger partial charge in [0.2, 0.25) is 0 Å². The number of rotatable bonds is 2. The van der Waals surface area contributed by atoms with E-state index < -0.39 is 11.9 Å². The average Bonchev–Trinajstić information content (AvgIpc) is 2.69. The number of aromatic amines is 1. The summed E-state index contributed by atoms with van der Waals surface area (Å²) in [5.74, 6) is 0. The van der Waals surface area contributed by atoms with Gasteiger partial charge in [0.05, 0.1) is 11.9 Å². The van der Waals surface area contributed by atoms with Crippen LogP contribution in [0.25, 0.3) is 5.69 Å². The van der Waals surface area contributed by atoms with Crippen LogP contribution in [-0.2, 0) is 12.6 Å². The Morgan fingerprint density at radius 2 is 2.11 bits per heavy atom. The van der Waals surface area contributed by atoms with Gasteiger partial charge in [0.1, 0.15) is 5.69 Å². The second kappa shape index (κ2) is 4.56. The molecule has 0 spiro atoms. The van der Waals surface area contributed by atoms with Crippen molar-refractivity contribution in [3.8, 4) is 5.69 Å². The number of halogens is 3. The van der Waals surface area contributed by atoms with Crippen molar-refractivity contribution >= 4 is 12.2 Å². The van der Waals surface area contributed by atoms with Gasteiger partial charge < -0.3 is 4.98 Å². The molecule has 2 aromatic rings. The van der Waals surface area contributed by atoms with E-state index in [2.05, 4.69) is 9.97 Å². The summed E-state index contributed by atoms with van der Waals surface area (Å²) in [6, 6.07) is 2.31. The van der Waals surface area contributed by atoms with E-state index in [1.807, 2.05) is 6.92 Å². The monoisotopic (exact) mass is 273 g/mol. The summed E-state index contributed by atoms with van der Waals surface area (Å²) in [6.45, 7) is 1.94. The van der Waals surface area contributed by atoms with Crippen LogP contribution >= 0.6 is 12.2 Å². The van der Waals surface area contributed by atoms with Gasteiger partial charge in [-0.2, -0.15) is 13.2 Å². The zero-order chi connectivity index (χ0) is 13.3. The minimum atomic E-state index is -4.42. The van der Waals surface area contributed by atoms with Crippen molar-refractivity contribution in [1.29, 1.82) is 0 Å². The molecule has 1 N–H and O–H groups in total. The third kappa shape index (κ3) is 2.31. The van der Waals surface area contributed by atoms with Gasteiger partial charge in [0, 0.05) is 11.9 Å². The smallest absolute Gasteiger partial charge is 0.337 e. The molecular weight excluding hydrogens is 263 g/mol. The third-order valence-corrected chi connectivity index (χ3v) is 2.81. The summed E-state index contributed by atoms with van der Waals surface area (Å²) in [6.07, 6.45) is -0.800. The molecule has 2 rings (SSSR count). The minimum absolute atomic E-state index is 0.438. The van der Waals surface area contributed by atoms with Gasteiger partial charge >= 0.3 is 6.18 Å². The van der Waals surface area contributed by atoms with Crippen molar-refractivity contribution in [2.75, 3.05) is 0 Å². The maximum atomic E-state index is 12.4. The number of H-pyrrole nitrogens is 1. The van der Waals surface area contributed by atoms with Crippen molar-refractivity contribution in [3.63, 3.8) is 0 Å². The molecule has 0 aliphatic heterocycles. The molecule has 0 fully saturated rings. The Bertz CT molecular complexity index is 595. The number of hydrogen-bond donors (Lipinski definition) is 1. The molecule has 3 nitrogen and oxygen atoms in total. The van der Waals surface area contributed by atoms with Crippen molar-refractivity contribution < 1.29 is 13.2 Å². The predicted octanol–water partition coefficient (Wildman–Crippen LogP) is 3.51. The molecule has 7 heteroatoms. The van der Waals surface area contributed by atoms with Crippen LogP contribution in [-0.4, -0.2) is 14.5 Å². The number of aromatic nitrogens is 3. The Balaban J connectivity index is 2.47. The molecule has 0 aliphatic carbocycles. The number of nitrogens with one attached hydrogen (secondary N) is 1. The fraction of sp³-hybridized carbons (Fsp3) is 0.273. The van der Waals surface area contributed by atoms with Crippen LogP contribution in [0.15, 0.2) is 24.5 Å². The van der Waals surface area contributed by atoms with Crippen LogP contribution in [0.4, 0.5) is 13.2 Å². The largest absolute Gasteiger partial charge is 0.433 e. The van der Waals surface area contributed by atoms with Crippen LogP contribution in [0.2, 0.25) is 0 Å². The first kappa shape index (κ1) is 12.8. The van der Waals surface area contributed by atoms with E-state index in [-0.39, 0.29) is 0 Å². The lowest BCUT2D eigenvalue weighted by molar-refractivity contribution is -0.141. The van der Waals surface area contributed by atoms with Gasteiger partial charge in [0.25, 0.3) is 0 Å².